The highest BCUT2D eigenvalue weighted by Crippen LogP contribution is 2.08. The lowest BCUT2D eigenvalue weighted by Gasteiger charge is -2.09. The molecule has 0 aliphatic rings. The molecule has 0 aromatic heterocycles. The predicted octanol–water partition coefficient (Wildman–Crippen LogP) is -0.885. The Labute approximate surface area is 83.7 Å². The molecule has 0 radical (unpaired) electrons. The standard InChI is InChI=1S/C10H12BNO2/c1-3-9-4-8(6-12)5-10(7(9)2)11(13)14/h1,4-5,13-14H,6,12H2,2H3. The molecule has 0 saturated heterocycles. The molecular formula is C10H12BNO2. The van der Waals surface area contributed by atoms with E-state index in [9.17, 15) is 0 Å². The topological polar surface area (TPSA) is 66.5 Å². The van der Waals surface area contributed by atoms with Gasteiger partial charge < -0.3 is 15.8 Å². The quantitative estimate of drug-likeness (QED) is 0.417. The monoisotopic (exact) mass is 189 g/mol. The maximum absolute atomic E-state index is 9.09. The Morgan fingerprint density at radius 2 is 2.14 bits per heavy atom. The normalized spacial score (nSPS) is 9.64. The third-order valence-corrected chi connectivity index (χ3v) is 2.18. The van der Waals surface area contributed by atoms with Gasteiger partial charge in [-0.1, -0.05) is 12.0 Å². The summed E-state index contributed by atoms with van der Waals surface area (Å²) in [5.41, 5.74) is 8.03. The summed E-state index contributed by atoms with van der Waals surface area (Å²) >= 11 is 0. The molecule has 3 nitrogen and oxygen atoms in total. The van der Waals surface area contributed by atoms with Gasteiger partial charge in [-0.25, -0.2) is 0 Å². The highest BCUT2D eigenvalue weighted by molar-refractivity contribution is 6.59. The van der Waals surface area contributed by atoms with Crippen molar-refractivity contribution in [2.24, 2.45) is 5.73 Å². The fourth-order valence-corrected chi connectivity index (χ4v) is 1.33. The molecule has 1 rings (SSSR count). The van der Waals surface area contributed by atoms with Crippen LogP contribution in [0.2, 0.25) is 0 Å². The first-order valence-electron chi connectivity index (χ1n) is 4.26. The summed E-state index contributed by atoms with van der Waals surface area (Å²) in [4.78, 5) is 0. The molecule has 0 amide bonds. The van der Waals surface area contributed by atoms with E-state index in [2.05, 4.69) is 5.92 Å². The minimum Gasteiger partial charge on any atom is -0.423 e. The Balaban J connectivity index is 3.36. The maximum Gasteiger partial charge on any atom is 0.488 e. The Morgan fingerprint density at radius 1 is 1.50 bits per heavy atom. The van der Waals surface area contributed by atoms with Crippen LogP contribution in [0.1, 0.15) is 16.7 Å². The van der Waals surface area contributed by atoms with Crippen molar-refractivity contribution in [2.75, 3.05) is 0 Å². The molecule has 4 heteroatoms. The van der Waals surface area contributed by atoms with E-state index in [0.717, 1.165) is 5.56 Å². The fraction of sp³-hybridized carbons (Fsp3) is 0.200. The summed E-state index contributed by atoms with van der Waals surface area (Å²) in [7, 11) is -1.51. The van der Waals surface area contributed by atoms with E-state index in [1.54, 1.807) is 19.1 Å². The van der Waals surface area contributed by atoms with Gasteiger partial charge in [0.05, 0.1) is 0 Å². The zero-order chi connectivity index (χ0) is 10.7. The van der Waals surface area contributed by atoms with Crippen LogP contribution in [-0.4, -0.2) is 17.2 Å². The molecule has 0 fully saturated rings. The Bertz CT molecular complexity index is 382. The minimum absolute atomic E-state index is 0.328. The van der Waals surface area contributed by atoms with E-state index in [1.807, 2.05) is 0 Å². The largest absolute Gasteiger partial charge is 0.488 e. The van der Waals surface area contributed by atoms with Crippen LogP contribution in [0.5, 0.6) is 0 Å². The lowest BCUT2D eigenvalue weighted by molar-refractivity contribution is 0.425. The smallest absolute Gasteiger partial charge is 0.423 e. The zero-order valence-electron chi connectivity index (χ0n) is 7.99. The molecule has 0 aliphatic carbocycles. The second kappa shape index (κ2) is 4.29. The number of hydrogen-bond acceptors (Lipinski definition) is 3. The first-order valence-corrected chi connectivity index (χ1v) is 4.26. The van der Waals surface area contributed by atoms with Gasteiger partial charge in [-0.3, -0.25) is 0 Å². The van der Waals surface area contributed by atoms with Crippen molar-refractivity contribution >= 4 is 12.6 Å². The molecular weight excluding hydrogens is 177 g/mol. The second-order valence-corrected chi connectivity index (χ2v) is 3.08. The Kier molecular flexibility index (Phi) is 3.31. The van der Waals surface area contributed by atoms with Crippen molar-refractivity contribution in [3.05, 3.63) is 28.8 Å². The van der Waals surface area contributed by atoms with Crippen molar-refractivity contribution in [1.29, 1.82) is 0 Å². The molecule has 1 aromatic carbocycles. The second-order valence-electron chi connectivity index (χ2n) is 3.08. The molecule has 14 heavy (non-hydrogen) atoms. The average molecular weight is 189 g/mol. The van der Waals surface area contributed by atoms with Crippen molar-refractivity contribution in [1.82, 2.24) is 0 Å². The molecule has 0 unspecified atom stereocenters. The maximum atomic E-state index is 9.09. The van der Waals surface area contributed by atoms with E-state index < -0.39 is 7.12 Å². The lowest BCUT2D eigenvalue weighted by atomic mass is 9.75. The zero-order valence-corrected chi connectivity index (χ0v) is 7.99. The predicted molar refractivity (Wildman–Crippen MR) is 56.8 cm³/mol. The van der Waals surface area contributed by atoms with Gasteiger partial charge in [-0.05, 0) is 29.6 Å². The summed E-state index contributed by atoms with van der Waals surface area (Å²) in [5.74, 6) is 2.49. The van der Waals surface area contributed by atoms with Crippen LogP contribution in [0.25, 0.3) is 0 Å². The van der Waals surface area contributed by atoms with Crippen LogP contribution in [0.3, 0.4) is 0 Å². The number of benzene rings is 1. The van der Waals surface area contributed by atoms with Crippen LogP contribution < -0.4 is 11.2 Å². The van der Waals surface area contributed by atoms with Gasteiger partial charge in [0.2, 0.25) is 0 Å². The SMILES string of the molecule is C#Cc1cc(CN)cc(B(O)O)c1C. The van der Waals surface area contributed by atoms with Crippen LogP contribution in [0, 0.1) is 19.3 Å². The van der Waals surface area contributed by atoms with Crippen molar-refractivity contribution in [3.63, 3.8) is 0 Å². The minimum atomic E-state index is -1.51. The summed E-state index contributed by atoms with van der Waals surface area (Å²) in [6, 6.07) is 3.43. The van der Waals surface area contributed by atoms with Crippen LogP contribution in [0.4, 0.5) is 0 Å². The van der Waals surface area contributed by atoms with E-state index in [1.165, 1.54) is 0 Å². The number of rotatable bonds is 2. The first kappa shape index (κ1) is 10.8. The highest BCUT2D eigenvalue weighted by atomic mass is 16.4. The highest BCUT2D eigenvalue weighted by Gasteiger charge is 2.16. The Hall–Kier alpha value is -1.28. The van der Waals surface area contributed by atoms with Crippen molar-refractivity contribution in [3.8, 4) is 12.3 Å². The van der Waals surface area contributed by atoms with Crippen LogP contribution in [0.15, 0.2) is 12.1 Å². The summed E-state index contributed by atoms with van der Waals surface area (Å²) < 4.78 is 0. The number of hydrogen-bond donors (Lipinski definition) is 3. The van der Waals surface area contributed by atoms with Gasteiger partial charge in [0, 0.05) is 12.1 Å². The molecule has 0 spiro atoms. The van der Waals surface area contributed by atoms with Gasteiger partial charge in [0.15, 0.2) is 0 Å². The summed E-state index contributed by atoms with van der Waals surface area (Å²) in [6.45, 7) is 2.08. The summed E-state index contributed by atoms with van der Waals surface area (Å²) in [6.07, 6.45) is 5.29. The molecule has 0 aliphatic heterocycles. The third-order valence-electron chi connectivity index (χ3n) is 2.18. The van der Waals surface area contributed by atoms with Gasteiger partial charge in [-0.2, -0.15) is 0 Å². The van der Waals surface area contributed by atoms with Gasteiger partial charge >= 0.3 is 7.12 Å². The van der Waals surface area contributed by atoms with Crippen LogP contribution >= 0.6 is 0 Å². The number of nitrogens with two attached hydrogens (primary N) is 1. The molecule has 0 saturated carbocycles. The fourth-order valence-electron chi connectivity index (χ4n) is 1.33. The molecule has 1 aromatic rings. The third kappa shape index (κ3) is 1.96. The van der Waals surface area contributed by atoms with Crippen molar-refractivity contribution in [2.45, 2.75) is 13.5 Å². The molecule has 0 atom stereocenters. The van der Waals surface area contributed by atoms with Crippen LogP contribution in [-0.2, 0) is 6.54 Å². The van der Waals surface area contributed by atoms with Gasteiger partial charge in [-0.15, -0.1) is 6.42 Å². The molecule has 72 valence electrons. The summed E-state index contributed by atoms with van der Waals surface area (Å²) in [5, 5.41) is 18.2. The average Bonchev–Trinajstić information content (AvgIpc) is 2.17. The first-order chi connectivity index (χ1) is 6.60. The van der Waals surface area contributed by atoms with E-state index in [0.29, 0.717) is 23.1 Å². The van der Waals surface area contributed by atoms with E-state index in [-0.39, 0.29) is 0 Å². The van der Waals surface area contributed by atoms with Gasteiger partial charge in [0.1, 0.15) is 0 Å². The molecule has 0 heterocycles. The number of terminal acetylenes is 1. The molecule has 0 bridgehead atoms. The molecule has 4 N–H and O–H groups in total. The van der Waals surface area contributed by atoms with E-state index in [4.69, 9.17) is 22.2 Å². The Morgan fingerprint density at radius 3 is 2.57 bits per heavy atom. The van der Waals surface area contributed by atoms with Gasteiger partial charge in [0.25, 0.3) is 0 Å². The van der Waals surface area contributed by atoms with Crippen molar-refractivity contribution < 1.29 is 10.0 Å². The lowest BCUT2D eigenvalue weighted by Crippen LogP contribution is -2.33. The van der Waals surface area contributed by atoms with E-state index >= 15 is 0 Å².